The number of pyridine rings is 2. The van der Waals surface area contributed by atoms with Crippen LogP contribution in [0, 0.1) is 11.3 Å². The van der Waals surface area contributed by atoms with E-state index in [1.807, 2.05) is 12.1 Å². The Morgan fingerprint density at radius 2 is 1.68 bits per heavy atom. The van der Waals surface area contributed by atoms with Crippen LogP contribution in [0.3, 0.4) is 0 Å². The largest absolute Gasteiger partial charge is 0.265 e. The Morgan fingerprint density at radius 3 is 2.29 bits per heavy atom. The highest BCUT2D eigenvalue weighted by Crippen LogP contribution is 2.27. The van der Waals surface area contributed by atoms with E-state index in [1.54, 1.807) is 48.8 Å². The molecule has 0 amide bonds. The van der Waals surface area contributed by atoms with E-state index in [2.05, 4.69) is 41.6 Å². The SMILES string of the molecule is CC(C)(C)c1ccc(S(=O)(=O)Nc2ccc(C#N)c3cc(-c4ccncc4)nn23)cc1. The number of hydrogen-bond acceptors (Lipinski definition) is 5. The Labute approximate surface area is 181 Å². The van der Waals surface area contributed by atoms with Crippen molar-refractivity contribution in [2.45, 2.75) is 31.1 Å². The van der Waals surface area contributed by atoms with Crippen LogP contribution >= 0.6 is 0 Å². The molecule has 3 aromatic heterocycles. The molecule has 0 aliphatic carbocycles. The highest BCUT2D eigenvalue weighted by molar-refractivity contribution is 7.92. The molecule has 4 aromatic rings. The monoisotopic (exact) mass is 431 g/mol. The van der Waals surface area contributed by atoms with E-state index < -0.39 is 10.0 Å². The zero-order valence-electron chi connectivity index (χ0n) is 17.4. The lowest BCUT2D eigenvalue weighted by atomic mass is 9.87. The van der Waals surface area contributed by atoms with Crippen molar-refractivity contribution in [3.63, 3.8) is 0 Å². The molecule has 31 heavy (non-hydrogen) atoms. The van der Waals surface area contributed by atoms with E-state index in [9.17, 15) is 13.7 Å². The van der Waals surface area contributed by atoms with Gasteiger partial charge in [-0.05, 0) is 53.4 Å². The van der Waals surface area contributed by atoms with Crippen molar-refractivity contribution < 1.29 is 8.42 Å². The lowest BCUT2D eigenvalue weighted by Crippen LogP contribution is -2.17. The number of sulfonamides is 1. The summed E-state index contributed by atoms with van der Waals surface area (Å²) in [5, 5.41) is 14.0. The summed E-state index contributed by atoms with van der Waals surface area (Å²) in [4.78, 5) is 4.15. The van der Waals surface area contributed by atoms with Gasteiger partial charge in [0.05, 0.1) is 21.7 Å². The maximum absolute atomic E-state index is 13.0. The third kappa shape index (κ3) is 4.00. The smallest absolute Gasteiger partial charge is 0.263 e. The first-order valence-corrected chi connectivity index (χ1v) is 11.1. The van der Waals surface area contributed by atoms with Gasteiger partial charge in [0, 0.05) is 18.0 Å². The molecule has 0 bridgehead atoms. The van der Waals surface area contributed by atoms with Crippen LogP contribution in [-0.2, 0) is 15.4 Å². The van der Waals surface area contributed by atoms with E-state index in [0.717, 1.165) is 11.1 Å². The molecule has 0 spiro atoms. The first kappa shape index (κ1) is 20.6. The topological polar surface area (TPSA) is 100 Å². The van der Waals surface area contributed by atoms with Crippen LogP contribution < -0.4 is 4.72 Å². The van der Waals surface area contributed by atoms with Crippen LogP contribution in [0.2, 0.25) is 0 Å². The summed E-state index contributed by atoms with van der Waals surface area (Å²) in [6.07, 6.45) is 3.30. The van der Waals surface area contributed by atoms with E-state index in [1.165, 1.54) is 10.6 Å². The number of anilines is 1. The minimum Gasteiger partial charge on any atom is -0.265 e. The van der Waals surface area contributed by atoms with E-state index in [0.29, 0.717) is 16.8 Å². The molecule has 0 aliphatic rings. The van der Waals surface area contributed by atoms with Gasteiger partial charge in [0.25, 0.3) is 10.0 Å². The fraction of sp³-hybridized carbons (Fsp3) is 0.174. The van der Waals surface area contributed by atoms with Crippen molar-refractivity contribution in [1.29, 1.82) is 5.26 Å². The minimum absolute atomic E-state index is 0.0760. The molecule has 0 atom stereocenters. The van der Waals surface area contributed by atoms with Crippen molar-refractivity contribution >= 4 is 21.4 Å². The van der Waals surface area contributed by atoms with Gasteiger partial charge in [-0.2, -0.15) is 10.4 Å². The lowest BCUT2D eigenvalue weighted by Gasteiger charge is -2.19. The molecule has 4 rings (SSSR count). The molecule has 0 aliphatic heterocycles. The Balaban J connectivity index is 1.76. The normalized spacial score (nSPS) is 11.9. The summed E-state index contributed by atoms with van der Waals surface area (Å²) < 4.78 is 30.1. The minimum atomic E-state index is -3.85. The van der Waals surface area contributed by atoms with Crippen molar-refractivity contribution in [3.8, 4) is 17.3 Å². The summed E-state index contributed by atoms with van der Waals surface area (Å²) in [5.74, 6) is 0.245. The van der Waals surface area contributed by atoms with E-state index in [4.69, 9.17) is 0 Å². The van der Waals surface area contributed by atoms with E-state index >= 15 is 0 Å². The lowest BCUT2D eigenvalue weighted by molar-refractivity contribution is 0.587. The van der Waals surface area contributed by atoms with Crippen LogP contribution in [-0.4, -0.2) is 23.0 Å². The van der Waals surface area contributed by atoms with Gasteiger partial charge >= 0.3 is 0 Å². The molecule has 3 heterocycles. The molecular formula is C23H21N5O2S. The summed E-state index contributed by atoms with van der Waals surface area (Å²) >= 11 is 0. The predicted molar refractivity (Wildman–Crippen MR) is 119 cm³/mol. The van der Waals surface area contributed by atoms with Gasteiger partial charge in [0.15, 0.2) is 0 Å². The standard InChI is InChI=1S/C23H21N5O2S/c1-23(2,3)18-5-7-19(8-6-18)31(29,30)27-22-9-4-17(15-24)21-14-20(26-28(21)22)16-10-12-25-13-11-16/h4-14,27H,1-3H3. The van der Waals surface area contributed by atoms with Crippen LogP contribution in [0.15, 0.2) is 71.9 Å². The molecule has 8 heteroatoms. The first-order valence-electron chi connectivity index (χ1n) is 9.66. The Bertz CT molecular complexity index is 1390. The Morgan fingerprint density at radius 1 is 1.00 bits per heavy atom. The van der Waals surface area contributed by atoms with Gasteiger partial charge in [-0.3, -0.25) is 9.71 Å². The molecule has 0 saturated carbocycles. The van der Waals surface area contributed by atoms with Gasteiger partial charge in [-0.25, -0.2) is 12.9 Å². The molecule has 7 nitrogen and oxygen atoms in total. The number of benzene rings is 1. The van der Waals surface area contributed by atoms with Crippen molar-refractivity contribution in [1.82, 2.24) is 14.6 Å². The maximum atomic E-state index is 13.0. The second-order valence-corrected chi connectivity index (χ2v) is 9.87. The molecule has 156 valence electrons. The second kappa shape index (κ2) is 7.52. The van der Waals surface area contributed by atoms with Crippen LogP contribution in [0.25, 0.3) is 16.8 Å². The molecule has 1 aromatic carbocycles. The fourth-order valence-corrected chi connectivity index (χ4v) is 4.28. The number of nitriles is 1. The number of hydrogen-bond donors (Lipinski definition) is 1. The Kier molecular flexibility index (Phi) is 4.99. The third-order valence-corrected chi connectivity index (χ3v) is 6.36. The fourth-order valence-electron chi connectivity index (χ4n) is 3.24. The van der Waals surface area contributed by atoms with Crippen LogP contribution in [0.1, 0.15) is 31.9 Å². The van der Waals surface area contributed by atoms with Gasteiger partial charge < -0.3 is 0 Å². The van der Waals surface area contributed by atoms with Crippen molar-refractivity contribution in [2.24, 2.45) is 0 Å². The zero-order valence-corrected chi connectivity index (χ0v) is 18.2. The number of rotatable bonds is 4. The molecule has 0 fully saturated rings. The Hall–Kier alpha value is -3.70. The molecule has 1 N–H and O–H groups in total. The van der Waals surface area contributed by atoms with Crippen LogP contribution in [0.5, 0.6) is 0 Å². The van der Waals surface area contributed by atoms with Gasteiger partial charge in [-0.1, -0.05) is 32.9 Å². The number of nitrogens with zero attached hydrogens (tertiary/aromatic N) is 4. The summed E-state index contributed by atoms with van der Waals surface area (Å²) in [6.45, 7) is 6.21. The molecule has 0 unspecified atom stereocenters. The molecular weight excluding hydrogens is 410 g/mol. The molecule has 0 saturated heterocycles. The van der Waals surface area contributed by atoms with E-state index in [-0.39, 0.29) is 16.1 Å². The number of aromatic nitrogens is 3. The maximum Gasteiger partial charge on any atom is 0.263 e. The van der Waals surface area contributed by atoms with Crippen molar-refractivity contribution in [2.75, 3.05) is 4.72 Å². The summed E-state index contributed by atoms with van der Waals surface area (Å²) in [6, 6.07) is 17.4. The first-order chi connectivity index (χ1) is 14.7. The summed E-state index contributed by atoms with van der Waals surface area (Å²) in [7, 11) is -3.85. The third-order valence-electron chi connectivity index (χ3n) is 4.99. The average Bonchev–Trinajstić information content (AvgIpc) is 3.20. The van der Waals surface area contributed by atoms with Gasteiger partial charge in [0.1, 0.15) is 11.9 Å². The number of nitrogens with one attached hydrogen (secondary N) is 1. The predicted octanol–water partition coefficient (Wildman–Crippen LogP) is 4.37. The summed E-state index contributed by atoms with van der Waals surface area (Å²) in [5.41, 5.74) is 3.30. The van der Waals surface area contributed by atoms with Gasteiger partial charge in [-0.15, -0.1) is 0 Å². The van der Waals surface area contributed by atoms with Crippen LogP contribution in [0.4, 0.5) is 5.82 Å². The quantitative estimate of drug-likeness (QED) is 0.517. The number of fused-ring (bicyclic) bond motifs is 1. The van der Waals surface area contributed by atoms with Crippen molar-refractivity contribution in [3.05, 3.63) is 78.1 Å². The highest BCUT2D eigenvalue weighted by Gasteiger charge is 2.20. The average molecular weight is 432 g/mol. The second-order valence-electron chi connectivity index (χ2n) is 8.19. The van der Waals surface area contributed by atoms with Gasteiger partial charge in [0.2, 0.25) is 0 Å². The molecule has 0 radical (unpaired) electrons. The zero-order chi connectivity index (χ0) is 22.2. The highest BCUT2D eigenvalue weighted by atomic mass is 32.2.